The minimum atomic E-state index is -0.0126. The number of carbonyl (C=O) groups excluding carboxylic acids is 1. The molecule has 0 saturated heterocycles. The molecule has 3 nitrogen and oxygen atoms in total. The van der Waals surface area contributed by atoms with E-state index in [4.69, 9.17) is 4.74 Å². The van der Waals surface area contributed by atoms with Gasteiger partial charge in [-0.2, -0.15) is 0 Å². The van der Waals surface area contributed by atoms with Crippen LogP contribution in [-0.2, 0) is 4.79 Å². The molecule has 1 atom stereocenters. The number of hydrogen-bond donors (Lipinski definition) is 1. The van der Waals surface area contributed by atoms with E-state index in [9.17, 15) is 4.79 Å². The molecule has 0 aliphatic carbocycles. The smallest absolute Gasteiger partial charge is 0.223 e. The summed E-state index contributed by atoms with van der Waals surface area (Å²) in [6.07, 6.45) is 0.343. The van der Waals surface area contributed by atoms with Gasteiger partial charge in [-0.3, -0.25) is 4.79 Å². The third-order valence-corrected chi connectivity index (χ3v) is 3.62. The lowest BCUT2D eigenvalue weighted by molar-refractivity contribution is -0.122. The summed E-state index contributed by atoms with van der Waals surface area (Å²) in [6, 6.07) is 17.4. The van der Waals surface area contributed by atoms with Gasteiger partial charge < -0.3 is 10.1 Å². The van der Waals surface area contributed by atoms with Crippen molar-refractivity contribution < 1.29 is 9.53 Å². The Morgan fingerprint density at radius 2 is 1.81 bits per heavy atom. The van der Waals surface area contributed by atoms with Gasteiger partial charge in [0.05, 0.1) is 19.1 Å². The van der Waals surface area contributed by atoms with Crippen molar-refractivity contribution in [3.63, 3.8) is 0 Å². The quantitative estimate of drug-likeness (QED) is 0.854. The molecule has 2 aromatic carbocycles. The molecule has 110 valence electrons. The summed E-state index contributed by atoms with van der Waals surface area (Å²) in [4.78, 5) is 11.9. The summed E-state index contributed by atoms with van der Waals surface area (Å²) in [5.74, 6) is 0.771. The number of ether oxygens (including phenoxy) is 1. The topological polar surface area (TPSA) is 38.3 Å². The van der Waals surface area contributed by atoms with Crippen molar-refractivity contribution in [2.45, 2.75) is 19.4 Å². The first-order valence-electron chi connectivity index (χ1n) is 6.88. The first kappa shape index (κ1) is 15.6. The van der Waals surface area contributed by atoms with Crippen molar-refractivity contribution in [1.82, 2.24) is 5.32 Å². The zero-order valence-electron chi connectivity index (χ0n) is 11.9. The molecule has 0 spiro atoms. The monoisotopic (exact) mass is 347 g/mol. The van der Waals surface area contributed by atoms with Gasteiger partial charge in [0, 0.05) is 4.47 Å². The lowest BCUT2D eigenvalue weighted by atomic mass is 10.1. The standard InChI is InChI=1S/C17H18BrNO2/c1-13(14-7-9-15(18)10-8-14)19-17(20)11-12-21-16-5-3-2-4-6-16/h2-10,13H,11-12H2,1H3,(H,19,20). The van der Waals surface area contributed by atoms with E-state index in [2.05, 4.69) is 21.2 Å². The molecule has 4 heteroatoms. The number of rotatable bonds is 6. The fourth-order valence-electron chi connectivity index (χ4n) is 1.93. The molecule has 21 heavy (non-hydrogen) atoms. The molecule has 0 aliphatic rings. The van der Waals surface area contributed by atoms with Crippen molar-refractivity contribution in [1.29, 1.82) is 0 Å². The van der Waals surface area contributed by atoms with Crippen LogP contribution in [0.5, 0.6) is 5.75 Å². The highest BCUT2D eigenvalue weighted by Crippen LogP contribution is 2.16. The number of amides is 1. The van der Waals surface area contributed by atoms with E-state index in [-0.39, 0.29) is 11.9 Å². The highest BCUT2D eigenvalue weighted by Gasteiger charge is 2.09. The third kappa shape index (κ3) is 5.23. The van der Waals surface area contributed by atoms with Crippen LogP contribution in [0.4, 0.5) is 0 Å². The molecule has 2 aromatic rings. The summed E-state index contributed by atoms with van der Waals surface area (Å²) in [5.41, 5.74) is 1.08. The Bertz CT molecular complexity index is 569. The minimum Gasteiger partial charge on any atom is -0.493 e. The van der Waals surface area contributed by atoms with E-state index in [0.717, 1.165) is 15.8 Å². The van der Waals surface area contributed by atoms with Gasteiger partial charge in [-0.1, -0.05) is 46.3 Å². The number of nitrogens with one attached hydrogen (secondary N) is 1. The Balaban J connectivity index is 1.75. The second-order valence-electron chi connectivity index (χ2n) is 4.75. The van der Waals surface area contributed by atoms with Gasteiger partial charge in [-0.15, -0.1) is 0 Å². The van der Waals surface area contributed by atoms with Gasteiger partial charge in [-0.05, 0) is 36.8 Å². The zero-order chi connectivity index (χ0) is 15.1. The Labute approximate surface area is 133 Å². The fourth-order valence-corrected chi connectivity index (χ4v) is 2.19. The molecule has 1 amide bonds. The van der Waals surface area contributed by atoms with Crippen molar-refractivity contribution >= 4 is 21.8 Å². The third-order valence-electron chi connectivity index (χ3n) is 3.09. The summed E-state index contributed by atoms with van der Waals surface area (Å²) < 4.78 is 6.54. The SMILES string of the molecule is CC(NC(=O)CCOc1ccccc1)c1ccc(Br)cc1. The molecule has 0 aromatic heterocycles. The number of benzene rings is 2. The zero-order valence-corrected chi connectivity index (χ0v) is 13.5. The summed E-state index contributed by atoms with van der Waals surface area (Å²) in [6.45, 7) is 2.35. The molecule has 2 rings (SSSR count). The molecule has 0 bridgehead atoms. The second-order valence-corrected chi connectivity index (χ2v) is 5.67. The number of carbonyl (C=O) groups is 1. The van der Waals surface area contributed by atoms with E-state index >= 15 is 0 Å². The summed E-state index contributed by atoms with van der Waals surface area (Å²) in [5, 5.41) is 2.97. The van der Waals surface area contributed by atoms with Crippen LogP contribution in [0.2, 0.25) is 0 Å². The molecule has 0 radical (unpaired) electrons. The maximum Gasteiger partial charge on any atom is 0.223 e. The van der Waals surface area contributed by atoms with Crippen LogP contribution in [0.3, 0.4) is 0 Å². The molecule has 0 heterocycles. The second kappa shape index (κ2) is 7.84. The van der Waals surface area contributed by atoms with Crippen molar-refractivity contribution in [2.75, 3.05) is 6.61 Å². The average molecular weight is 348 g/mol. The lowest BCUT2D eigenvalue weighted by Crippen LogP contribution is -2.27. The molecule has 1 unspecified atom stereocenters. The predicted octanol–water partition coefficient (Wildman–Crippen LogP) is 4.10. The maximum atomic E-state index is 11.9. The van der Waals surface area contributed by atoms with E-state index in [1.807, 2.05) is 61.5 Å². The van der Waals surface area contributed by atoms with E-state index in [1.54, 1.807) is 0 Å². The van der Waals surface area contributed by atoms with E-state index in [1.165, 1.54) is 0 Å². The van der Waals surface area contributed by atoms with Crippen LogP contribution < -0.4 is 10.1 Å². The highest BCUT2D eigenvalue weighted by molar-refractivity contribution is 9.10. The highest BCUT2D eigenvalue weighted by atomic mass is 79.9. The van der Waals surface area contributed by atoms with Crippen LogP contribution in [0.15, 0.2) is 59.1 Å². The molecular formula is C17H18BrNO2. The van der Waals surface area contributed by atoms with Crippen molar-refractivity contribution in [2.24, 2.45) is 0 Å². The van der Waals surface area contributed by atoms with Crippen LogP contribution in [0, 0.1) is 0 Å². The van der Waals surface area contributed by atoms with E-state index < -0.39 is 0 Å². The van der Waals surface area contributed by atoms with Crippen LogP contribution in [0.1, 0.15) is 24.9 Å². The molecular weight excluding hydrogens is 330 g/mol. The molecule has 0 fully saturated rings. The van der Waals surface area contributed by atoms with Gasteiger partial charge in [-0.25, -0.2) is 0 Å². The van der Waals surface area contributed by atoms with Gasteiger partial charge in [0.2, 0.25) is 5.91 Å². The number of para-hydroxylation sites is 1. The van der Waals surface area contributed by atoms with Crippen LogP contribution >= 0.6 is 15.9 Å². The van der Waals surface area contributed by atoms with Crippen LogP contribution in [-0.4, -0.2) is 12.5 Å². The van der Waals surface area contributed by atoms with E-state index in [0.29, 0.717) is 13.0 Å². The van der Waals surface area contributed by atoms with Crippen molar-refractivity contribution in [3.05, 3.63) is 64.6 Å². The maximum absolute atomic E-state index is 11.9. The Kier molecular flexibility index (Phi) is 5.81. The van der Waals surface area contributed by atoms with Gasteiger partial charge in [0.25, 0.3) is 0 Å². The number of hydrogen-bond acceptors (Lipinski definition) is 2. The summed E-state index contributed by atoms with van der Waals surface area (Å²) in [7, 11) is 0. The Hall–Kier alpha value is -1.81. The van der Waals surface area contributed by atoms with Gasteiger partial charge in [0.1, 0.15) is 5.75 Å². The van der Waals surface area contributed by atoms with Crippen LogP contribution in [0.25, 0.3) is 0 Å². The molecule has 1 N–H and O–H groups in total. The predicted molar refractivity (Wildman–Crippen MR) is 87.3 cm³/mol. The Morgan fingerprint density at radius 3 is 2.48 bits per heavy atom. The fraction of sp³-hybridized carbons (Fsp3) is 0.235. The first-order valence-corrected chi connectivity index (χ1v) is 7.67. The van der Waals surface area contributed by atoms with Gasteiger partial charge >= 0.3 is 0 Å². The lowest BCUT2D eigenvalue weighted by Gasteiger charge is -2.14. The molecule has 0 saturated carbocycles. The Morgan fingerprint density at radius 1 is 1.14 bits per heavy atom. The first-order chi connectivity index (χ1) is 10.1. The average Bonchev–Trinajstić information content (AvgIpc) is 2.49. The summed E-state index contributed by atoms with van der Waals surface area (Å²) >= 11 is 3.40. The largest absolute Gasteiger partial charge is 0.493 e. The minimum absolute atomic E-state index is 0.0117. The normalized spacial score (nSPS) is 11.7. The van der Waals surface area contributed by atoms with Crippen molar-refractivity contribution in [3.8, 4) is 5.75 Å². The number of halogens is 1. The van der Waals surface area contributed by atoms with Gasteiger partial charge in [0.15, 0.2) is 0 Å². The molecule has 0 aliphatic heterocycles.